The molecule has 6 fully saturated rings. The summed E-state index contributed by atoms with van der Waals surface area (Å²) in [6.45, 7) is 0. The van der Waals surface area contributed by atoms with E-state index in [4.69, 9.17) is 14.5 Å². The van der Waals surface area contributed by atoms with Gasteiger partial charge in [0.1, 0.15) is 0 Å². The van der Waals surface area contributed by atoms with E-state index in [0.717, 1.165) is 37.5 Å². The lowest BCUT2D eigenvalue weighted by Gasteiger charge is -2.57. The second-order valence-electron chi connectivity index (χ2n) is 10.2. The Morgan fingerprint density at radius 3 is 2.10 bits per heavy atom. The molecule has 7 rings (SSSR count). The van der Waals surface area contributed by atoms with Gasteiger partial charge in [0.15, 0.2) is 9.84 Å². The molecule has 1 heterocycles. The average molecular weight is 419 g/mol. The first-order valence-electron chi connectivity index (χ1n) is 11.3. The van der Waals surface area contributed by atoms with E-state index < -0.39 is 21.4 Å². The van der Waals surface area contributed by atoms with Gasteiger partial charge in [-0.2, -0.15) is 9.78 Å². The van der Waals surface area contributed by atoms with Crippen LogP contribution in [-0.2, 0) is 24.3 Å². The molecule has 0 unspecified atom stereocenters. The first kappa shape index (κ1) is 18.8. The Morgan fingerprint density at radius 1 is 0.862 bits per heavy atom. The van der Waals surface area contributed by atoms with Gasteiger partial charge in [-0.15, -0.1) is 0 Å². The lowest BCUT2D eigenvalue weighted by molar-refractivity contribution is -0.390. The van der Waals surface area contributed by atoms with E-state index in [2.05, 4.69) is 0 Å². The molecule has 5 nitrogen and oxygen atoms in total. The lowest BCUT2D eigenvalue weighted by Crippen LogP contribution is -2.59. The third-order valence-corrected chi connectivity index (χ3v) is 10.3. The minimum Gasteiger partial charge on any atom is -0.312 e. The maximum atomic E-state index is 12.7. The van der Waals surface area contributed by atoms with Gasteiger partial charge in [-0.3, -0.25) is 0 Å². The van der Waals surface area contributed by atoms with Crippen molar-refractivity contribution >= 4 is 9.84 Å². The summed E-state index contributed by atoms with van der Waals surface area (Å²) in [6.07, 6.45) is 9.28. The maximum Gasteiger partial charge on any atom is 0.210 e. The van der Waals surface area contributed by atoms with Gasteiger partial charge in [-0.05, 0) is 74.8 Å². The van der Waals surface area contributed by atoms with E-state index in [9.17, 15) is 8.42 Å². The van der Waals surface area contributed by atoms with Crippen molar-refractivity contribution in [1.29, 1.82) is 0 Å². The molecule has 1 saturated heterocycles. The van der Waals surface area contributed by atoms with E-state index in [0.29, 0.717) is 16.7 Å². The quantitative estimate of drug-likeness (QED) is 0.678. The highest BCUT2D eigenvalue weighted by atomic mass is 32.2. The summed E-state index contributed by atoms with van der Waals surface area (Å²) in [4.78, 5) is 12.4. The van der Waals surface area contributed by atoms with Crippen molar-refractivity contribution in [2.24, 2.45) is 29.6 Å². The Labute approximate surface area is 173 Å². The molecule has 6 aliphatic rings. The van der Waals surface area contributed by atoms with E-state index in [-0.39, 0.29) is 11.7 Å². The van der Waals surface area contributed by atoms with Crippen LogP contribution >= 0.6 is 0 Å². The van der Waals surface area contributed by atoms with Gasteiger partial charge in [-0.1, -0.05) is 18.2 Å². The first-order valence-corrected chi connectivity index (χ1v) is 13.0. The molecule has 29 heavy (non-hydrogen) atoms. The fraction of sp³-hybridized carbons (Fsp3) is 0.739. The molecular formula is C23H30O5S. The molecule has 0 radical (unpaired) electrons. The second-order valence-corrected chi connectivity index (χ2v) is 12.3. The summed E-state index contributed by atoms with van der Waals surface area (Å²) < 4.78 is 32.2. The van der Waals surface area contributed by atoms with E-state index >= 15 is 0 Å². The number of hydrogen-bond acceptors (Lipinski definition) is 5. The number of benzene rings is 1. The predicted octanol–water partition coefficient (Wildman–Crippen LogP) is 4.48. The molecule has 2 spiro atoms. The van der Waals surface area contributed by atoms with Crippen molar-refractivity contribution in [3.8, 4) is 0 Å². The van der Waals surface area contributed by atoms with Crippen LogP contribution in [0.5, 0.6) is 0 Å². The molecule has 0 aromatic heterocycles. The van der Waals surface area contributed by atoms with Crippen molar-refractivity contribution in [3.63, 3.8) is 0 Å². The van der Waals surface area contributed by atoms with Gasteiger partial charge in [0.2, 0.25) is 11.6 Å². The average Bonchev–Trinajstić information content (AvgIpc) is 3.09. The molecule has 1 aromatic carbocycles. The highest BCUT2D eigenvalue weighted by Gasteiger charge is 2.66. The second kappa shape index (κ2) is 6.52. The molecular weight excluding hydrogens is 388 g/mol. The third-order valence-electron chi connectivity index (χ3n) is 8.37. The zero-order valence-corrected chi connectivity index (χ0v) is 17.6. The Bertz CT molecular complexity index is 844. The fourth-order valence-corrected chi connectivity index (χ4v) is 8.83. The Kier molecular flexibility index (Phi) is 4.23. The molecule has 0 atom stereocenters. The van der Waals surface area contributed by atoms with Crippen LogP contribution in [0.15, 0.2) is 35.2 Å². The minimum atomic E-state index is -3.25. The van der Waals surface area contributed by atoms with Crippen LogP contribution in [0.2, 0.25) is 0 Å². The minimum absolute atomic E-state index is 0.146. The summed E-state index contributed by atoms with van der Waals surface area (Å²) in [5.41, 5.74) is 0. The van der Waals surface area contributed by atoms with Crippen LogP contribution in [0.4, 0.5) is 0 Å². The summed E-state index contributed by atoms with van der Waals surface area (Å²) in [7, 11) is -3.25. The Balaban J connectivity index is 1.13. The highest BCUT2D eigenvalue weighted by Crippen LogP contribution is 2.63. The Morgan fingerprint density at radius 2 is 1.48 bits per heavy atom. The van der Waals surface area contributed by atoms with Gasteiger partial charge < -0.3 is 4.74 Å². The third kappa shape index (κ3) is 3.01. The summed E-state index contributed by atoms with van der Waals surface area (Å²) in [5.74, 6) is 1.79. The molecule has 6 heteroatoms. The number of hydrogen-bond donors (Lipinski definition) is 0. The number of sulfone groups is 1. The SMILES string of the molecule is O=S(=O)(CC1CCC2(CC1)OOC1(O2)C2CC3CC(C2)CC1C3)c1ccccc1. The standard InChI is InChI=1S/C23H30O5S/c24-29(25,21-4-2-1-3-5-21)15-16-6-8-22(9-7-16)26-23(28-27-22)19-11-17-10-18(13-19)14-20(23)12-17/h1-5,16-20H,6-15H2. The van der Waals surface area contributed by atoms with Crippen LogP contribution in [0.3, 0.4) is 0 Å². The van der Waals surface area contributed by atoms with Crippen LogP contribution in [0.25, 0.3) is 0 Å². The van der Waals surface area contributed by atoms with Gasteiger partial charge >= 0.3 is 0 Å². The van der Waals surface area contributed by atoms with Crippen LogP contribution in [0, 0.1) is 29.6 Å². The van der Waals surface area contributed by atoms with Crippen molar-refractivity contribution in [2.75, 3.05) is 5.75 Å². The van der Waals surface area contributed by atoms with Gasteiger partial charge in [0.25, 0.3) is 0 Å². The lowest BCUT2D eigenvalue weighted by atomic mass is 9.53. The molecule has 0 amide bonds. The number of ether oxygens (including phenoxy) is 1. The molecule has 5 saturated carbocycles. The van der Waals surface area contributed by atoms with E-state index in [1.54, 1.807) is 24.3 Å². The largest absolute Gasteiger partial charge is 0.312 e. The van der Waals surface area contributed by atoms with Gasteiger partial charge in [-0.25, -0.2) is 8.42 Å². The molecule has 4 bridgehead atoms. The van der Waals surface area contributed by atoms with Crippen LogP contribution < -0.4 is 0 Å². The summed E-state index contributed by atoms with van der Waals surface area (Å²) in [6, 6.07) is 8.78. The predicted molar refractivity (Wildman–Crippen MR) is 106 cm³/mol. The number of rotatable bonds is 3. The summed E-state index contributed by atoms with van der Waals surface area (Å²) in [5, 5.41) is 0. The van der Waals surface area contributed by atoms with Crippen molar-refractivity contribution in [1.82, 2.24) is 0 Å². The van der Waals surface area contributed by atoms with Crippen molar-refractivity contribution < 1.29 is 22.9 Å². The molecule has 1 aromatic rings. The molecule has 0 N–H and O–H groups in total. The zero-order chi connectivity index (χ0) is 19.7. The topological polar surface area (TPSA) is 61.8 Å². The molecule has 1 aliphatic heterocycles. The fourth-order valence-electron chi connectivity index (χ4n) is 7.11. The van der Waals surface area contributed by atoms with Crippen LogP contribution in [-0.4, -0.2) is 25.7 Å². The van der Waals surface area contributed by atoms with Crippen LogP contribution in [0.1, 0.15) is 57.8 Å². The monoisotopic (exact) mass is 418 g/mol. The van der Waals surface area contributed by atoms with Crippen molar-refractivity contribution in [3.05, 3.63) is 30.3 Å². The normalized spacial score (nSPS) is 46.0. The zero-order valence-electron chi connectivity index (χ0n) is 16.8. The maximum absolute atomic E-state index is 12.7. The van der Waals surface area contributed by atoms with Crippen molar-refractivity contribution in [2.45, 2.75) is 74.3 Å². The van der Waals surface area contributed by atoms with E-state index in [1.165, 1.54) is 32.1 Å². The Hall–Kier alpha value is -0.950. The van der Waals surface area contributed by atoms with Gasteiger partial charge in [0, 0.05) is 24.7 Å². The van der Waals surface area contributed by atoms with Gasteiger partial charge in [0.05, 0.1) is 10.6 Å². The molecule has 158 valence electrons. The van der Waals surface area contributed by atoms with E-state index in [1.807, 2.05) is 6.07 Å². The smallest absolute Gasteiger partial charge is 0.210 e. The highest BCUT2D eigenvalue weighted by molar-refractivity contribution is 7.91. The first-order chi connectivity index (χ1) is 14.0. The molecule has 5 aliphatic carbocycles. The summed E-state index contributed by atoms with van der Waals surface area (Å²) >= 11 is 0.